The van der Waals surface area contributed by atoms with Gasteiger partial charge >= 0.3 is 6.09 Å². The van der Waals surface area contributed by atoms with Crippen LogP contribution in [0, 0.1) is 5.92 Å². The fourth-order valence-electron chi connectivity index (χ4n) is 1.65. The summed E-state index contributed by atoms with van der Waals surface area (Å²) in [5, 5.41) is 8.08. The topological polar surface area (TPSA) is 114 Å². The number of nitrogens with one attached hydrogen (secondary N) is 3. The Labute approximate surface area is 145 Å². The van der Waals surface area contributed by atoms with Crippen molar-refractivity contribution in [3.63, 3.8) is 0 Å². The number of carbonyl (C=O) groups is 2. The van der Waals surface area contributed by atoms with Crippen molar-refractivity contribution in [3.05, 3.63) is 0 Å². The number of sulfone groups is 1. The molecule has 0 saturated carbocycles. The van der Waals surface area contributed by atoms with Crippen molar-refractivity contribution in [2.75, 3.05) is 25.2 Å². The van der Waals surface area contributed by atoms with Gasteiger partial charge in [0.2, 0.25) is 5.91 Å². The third kappa shape index (κ3) is 13.1. The highest BCUT2D eigenvalue weighted by atomic mass is 32.2. The highest BCUT2D eigenvalue weighted by molar-refractivity contribution is 7.90. The van der Waals surface area contributed by atoms with Crippen LogP contribution >= 0.6 is 0 Å². The van der Waals surface area contributed by atoms with Gasteiger partial charge in [-0.3, -0.25) is 10.1 Å². The number of ether oxygens (including phenoxy) is 1. The lowest BCUT2D eigenvalue weighted by Crippen LogP contribution is -2.49. The molecular formula is C15H31N3O5S. The summed E-state index contributed by atoms with van der Waals surface area (Å²) in [4.78, 5) is 23.7. The van der Waals surface area contributed by atoms with E-state index in [9.17, 15) is 18.0 Å². The van der Waals surface area contributed by atoms with Crippen LogP contribution in [0.3, 0.4) is 0 Å². The minimum Gasteiger partial charge on any atom is -0.444 e. The van der Waals surface area contributed by atoms with Gasteiger partial charge in [0.1, 0.15) is 15.4 Å². The smallest absolute Gasteiger partial charge is 0.408 e. The second kappa shape index (κ2) is 9.83. The fourth-order valence-corrected chi connectivity index (χ4v) is 2.31. The van der Waals surface area contributed by atoms with Crippen LogP contribution in [-0.2, 0) is 19.4 Å². The molecule has 9 heteroatoms. The molecule has 0 spiro atoms. The molecule has 3 N–H and O–H groups in total. The summed E-state index contributed by atoms with van der Waals surface area (Å²) < 4.78 is 27.7. The van der Waals surface area contributed by atoms with E-state index in [1.54, 1.807) is 20.8 Å². The SMILES string of the molecule is CC(C)CNC(=O)[C@H](CCS(C)(=O)=O)NCNC(=O)OC(C)(C)C. The van der Waals surface area contributed by atoms with Crippen molar-refractivity contribution < 1.29 is 22.7 Å². The summed E-state index contributed by atoms with van der Waals surface area (Å²) >= 11 is 0. The van der Waals surface area contributed by atoms with Gasteiger partial charge in [-0.1, -0.05) is 13.8 Å². The van der Waals surface area contributed by atoms with Gasteiger partial charge in [0.25, 0.3) is 0 Å². The first-order chi connectivity index (χ1) is 10.8. The maximum Gasteiger partial charge on any atom is 0.408 e. The largest absolute Gasteiger partial charge is 0.444 e. The van der Waals surface area contributed by atoms with Crippen molar-refractivity contribution in [2.45, 2.75) is 52.7 Å². The molecule has 0 aromatic rings. The monoisotopic (exact) mass is 365 g/mol. The predicted octanol–water partition coefficient (Wildman–Crippen LogP) is 0.634. The van der Waals surface area contributed by atoms with Gasteiger partial charge in [0.15, 0.2) is 0 Å². The number of carbonyl (C=O) groups excluding carboxylic acids is 2. The number of hydrogen-bond acceptors (Lipinski definition) is 6. The Morgan fingerprint density at radius 2 is 1.71 bits per heavy atom. The maximum absolute atomic E-state index is 12.2. The Kier molecular flexibility index (Phi) is 9.27. The molecule has 0 aliphatic heterocycles. The number of hydrogen-bond donors (Lipinski definition) is 3. The fraction of sp³-hybridized carbons (Fsp3) is 0.867. The van der Waals surface area contributed by atoms with Gasteiger partial charge in [-0.15, -0.1) is 0 Å². The van der Waals surface area contributed by atoms with E-state index in [2.05, 4.69) is 16.0 Å². The van der Waals surface area contributed by atoms with E-state index in [1.807, 2.05) is 13.8 Å². The Morgan fingerprint density at radius 3 is 2.17 bits per heavy atom. The zero-order chi connectivity index (χ0) is 19.0. The summed E-state index contributed by atoms with van der Waals surface area (Å²) in [7, 11) is -3.18. The van der Waals surface area contributed by atoms with E-state index >= 15 is 0 Å². The third-order valence-corrected chi connectivity index (χ3v) is 3.74. The van der Waals surface area contributed by atoms with E-state index in [4.69, 9.17) is 4.74 Å². The molecule has 0 aliphatic rings. The molecule has 0 heterocycles. The first-order valence-electron chi connectivity index (χ1n) is 7.96. The lowest BCUT2D eigenvalue weighted by Gasteiger charge is -2.22. The lowest BCUT2D eigenvalue weighted by atomic mass is 10.2. The molecular weight excluding hydrogens is 334 g/mol. The molecule has 0 saturated heterocycles. The highest BCUT2D eigenvalue weighted by Crippen LogP contribution is 2.06. The van der Waals surface area contributed by atoms with Crippen LogP contribution in [0.4, 0.5) is 4.79 Å². The molecule has 24 heavy (non-hydrogen) atoms. The standard InChI is InChI=1S/C15H31N3O5S/c1-11(2)9-16-13(19)12(7-8-24(6,21)22)17-10-18-14(20)23-15(3,4)5/h11-12,17H,7-10H2,1-6H3,(H,16,19)(H,18,20)/t12-/m0/s1. The van der Waals surface area contributed by atoms with E-state index in [0.29, 0.717) is 6.54 Å². The summed E-state index contributed by atoms with van der Waals surface area (Å²) in [5.74, 6) is -0.130. The quantitative estimate of drug-likeness (QED) is 0.517. The summed E-state index contributed by atoms with van der Waals surface area (Å²) in [5.41, 5.74) is -0.617. The average Bonchev–Trinajstić information content (AvgIpc) is 2.36. The van der Waals surface area contributed by atoms with Gasteiger partial charge in [0.05, 0.1) is 18.5 Å². The molecule has 0 aromatic heterocycles. The molecule has 0 unspecified atom stereocenters. The van der Waals surface area contributed by atoms with Crippen LogP contribution in [0.5, 0.6) is 0 Å². The predicted molar refractivity (Wildman–Crippen MR) is 93.3 cm³/mol. The maximum atomic E-state index is 12.2. The van der Waals surface area contributed by atoms with Crippen LogP contribution in [-0.4, -0.2) is 57.3 Å². The van der Waals surface area contributed by atoms with Crippen molar-refractivity contribution in [3.8, 4) is 0 Å². The minimum absolute atomic E-state index is 0.00155. The van der Waals surface area contributed by atoms with Crippen LogP contribution < -0.4 is 16.0 Å². The van der Waals surface area contributed by atoms with Crippen molar-refractivity contribution in [2.24, 2.45) is 5.92 Å². The molecule has 2 amide bonds. The molecule has 0 rings (SSSR count). The van der Waals surface area contributed by atoms with E-state index in [-0.39, 0.29) is 30.7 Å². The molecule has 0 radical (unpaired) electrons. The summed E-state index contributed by atoms with van der Waals surface area (Å²) in [6, 6.07) is -0.714. The molecule has 1 atom stereocenters. The average molecular weight is 365 g/mol. The highest BCUT2D eigenvalue weighted by Gasteiger charge is 2.21. The van der Waals surface area contributed by atoms with Crippen LogP contribution in [0.15, 0.2) is 0 Å². The van der Waals surface area contributed by atoms with Gasteiger partial charge in [-0.25, -0.2) is 13.2 Å². The summed E-state index contributed by atoms with van der Waals surface area (Å²) in [6.07, 6.45) is 0.632. The summed E-state index contributed by atoms with van der Waals surface area (Å²) in [6.45, 7) is 9.65. The van der Waals surface area contributed by atoms with Crippen LogP contribution in [0.25, 0.3) is 0 Å². The molecule has 0 aliphatic carbocycles. The van der Waals surface area contributed by atoms with E-state index in [1.165, 1.54) is 0 Å². The van der Waals surface area contributed by atoms with Gasteiger partial charge in [-0.2, -0.15) is 0 Å². The van der Waals surface area contributed by atoms with Crippen molar-refractivity contribution in [1.29, 1.82) is 0 Å². The Morgan fingerprint density at radius 1 is 1.12 bits per heavy atom. The molecule has 0 fully saturated rings. The van der Waals surface area contributed by atoms with E-state index in [0.717, 1.165) is 6.26 Å². The molecule has 0 aromatic carbocycles. The van der Waals surface area contributed by atoms with Crippen LogP contribution in [0.2, 0.25) is 0 Å². The minimum atomic E-state index is -3.18. The van der Waals surface area contributed by atoms with Gasteiger partial charge in [-0.05, 0) is 33.1 Å². The Hall–Kier alpha value is -1.35. The zero-order valence-corrected chi connectivity index (χ0v) is 16.2. The van der Waals surface area contributed by atoms with E-state index < -0.39 is 27.6 Å². The van der Waals surface area contributed by atoms with Crippen molar-refractivity contribution >= 4 is 21.8 Å². The Balaban J connectivity index is 4.53. The molecule has 8 nitrogen and oxygen atoms in total. The number of alkyl carbamates (subject to hydrolysis) is 1. The first kappa shape index (κ1) is 22.6. The Bertz CT molecular complexity index is 512. The number of rotatable bonds is 9. The van der Waals surface area contributed by atoms with Gasteiger partial charge < -0.3 is 15.4 Å². The van der Waals surface area contributed by atoms with Crippen LogP contribution in [0.1, 0.15) is 41.0 Å². The third-order valence-electron chi connectivity index (χ3n) is 2.76. The molecule has 0 bridgehead atoms. The number of amides is 2. The molecule has 142 valence electrons. The zero-order valence-electron chi connectivity index (χ0n) is 15.4. The second-order valence-electron chi connectivity index (χ2n) is 7.17. The van der Waals surface area contributed by atoms with Gasteiger partial charge in [0, 0.05) is 12.8 Å². The lowest BCUT2D eigenvalue weighted by molar-refractivity contribution is -0.123. The normalized spacial score (nSPS) is 13.5. The van der Waals surface area contributed by atoms with Crippen molar-refractivity contribution in [1.82, 2.24) is 16.0 Å². The second-order valence-corrected chi connectivity index (χ2v) is 9.43. The first-order valence-corrected chi connectivity index (χ1v) is 10.0.